The highest BCUT2D eigenvalue weighted by molar-refractivity contribution is 5.54. The molecule has 1 fully saturated rings. The van der Waals surface area contributed by atoms with Gasteiger partial charge in [0, 0.05) is 24.8 Å². The predicted molar refractivity (Wildman–Crippen MR) is 69.5 cm³/mol. The van der Waals surface area contributed by atoms with Crippen LogP contribution >= 0.6 is 0 Å². The van der Waals surface area contributed by atoms with Gasteiger partial charge in [-0.15, -0.1) is 0 Å². The Labute approximate surface area is 103 Å². The smallest absolute Gasteiger partial charge is 0.123 e. The van der Waals surface area contributed by atoms with E-state index in [2.05, 4.69) is 18.7 Å². The van der Waals surface area contributed by atoms with Gasteiger partial charge in [0.15, 0.2) is 0 Å². The second kappa shape index (κ2) is 5.05. The van der Waals surface area contributed by atoms with E-state index in [1.807, 2.05) is 6.07 Å². The summed E-state index contributed by atoms with van der Waals surface area (Å²) >= 11 is 0. The molecular formula is C14H21FN2. The van der Waals surface area contributed by atoms with Gasteiger partial charge in [-0.05, 0) is 56.4 Å². The quantitative estimate of drug-likeness (QED) is 0.851. The summed E-state index contributed by atoms with van der Waals surface area (Å²) in [5.41, 5.74) is 7.71. The van der Waals surface area contributed by atoms with E-state index >= 15 is 0 Å². The number of nitrogens with zero attached hydrogens (tertiary/aromatic N) is 1. The molecule has 0 spiro atoms. The van der Waals surface area contributed by atoms with Crippen molar-refractivity contribution in [1.29, 1.82) is 0 Å². The summed E-state index contributed by atoms with van der Waals surface area (Å²) in [5, 5.41) is 0. The average molecular weight is 236 g/mol. The number of hydrogen-bond acceptors (Lipinski definition) is 2. The van der Waals surface area contributed by atoms with Gasteiger partial charge in [-0.1, -0.05) is 0 Å². The number of benzene rings is 1. The summed E-state index contributed by atoms with van der Waals surface area (Å²) in [4.78, 5) is 2.35. The van der Waals surface area contributed by atoms with Crippen LogP contribution in [0.3, 0.4) is 0 Å². The molecular weight excluding hydrogens is 215 g/mol. The molecule has 1 aromatic carbocycles. The topological polar surface area (TPSA) is 29.3 Å². The van der Waals surface area contributed by atoms with Gasteiger partial charge in [-0.25, -0.2) is 4.39 Å². The fraction of sp³-hybridized carbons (Fsp3) is 0.571. The Hall–Kier alpha value is -1.09. The summed E-state index contributed by atoms with van der Waals surface area (Å²) in [7, 11) is 0. The predicted octanol–water partition coefficient (Wildman–Crippen LogP) is 2.91. The van der Waals surface area contributed by atoms with Gasteiger partial charge in [0.2, 0.25) is 0 Å². The van der Waals surface area contributed by atoms with E-state index in [0.29, 0.717) is 12.6 Å². The van der Waals surface area contributed by atoms with E-state index in [1.165, 1.54) is 18.9 Å². The molecule has 17 heavy (non-hydrogen) atoms. The molecule has 1 aliphatic rings. The zero-order valence-corrected chi connectivity index (χ0v) is 10.6. The molecule has 0 aliphatic heterocycles. The Bertz CT molecular complexity index is 386. The lowest BCUT2D eigenvalue weighted by molar-refractivity contribution is 0.618. The molecule has 0 atom stereocenters. The third-order valence-corrected chi connectivity index (χ3v) is 3.35. The minimum atomic E-state index is -0.204. The van der Waals surface area contributed by atoms with Gasteiger partial charge in [0.25, 0.3) is 0 Å². The van der Waals surface area contributed by atoms with Crippen LogP contribution < -0.4 is 10.6 Å². The highest BCUT2D eigenvalue weighted by Crippen LogP contribution is 2.33. The van der Waals surface area contributed by atoms with Gasteiger partial charge in [0.05, 0.1) is 0 Å². The molecule has 0 saturated heterocycles. The Morgan fingerprint density at radius 1 is 1.41 bits per heavy atom. The first kappa shape index (κ1) is 12.4. The van der Waals surface area contributed by atoms with Gasteiger partial charge in [-0.3, -0.25) is 0 Å². The number of anilines is 1. The van der Waals surface area contributed by atoms with Crippen LogP contribution in [0.1, 0.15) is 32.3 Å². The van der Waals surface area contributed by atoms with E-state index in [9.17, 15) is 4.39 Å². The van der Waals surface area contributed by atoms with Crippen LogP contribution in [0.15, 0.2) is 18.2 Å². The van der Waals surface area contributed by atoms with Gasteiger partial charge in [-0.2, -0.15) is 0 Å². The molecule has 1 saturated carbocycles. The van der Waals surface area contributed by atoms with Gasteiger partial charge in [0.1, 0.15) is 5.82 Å². The van der Waals surface area contributed by atoms with Crippen molar-refractivity contribution < 1.29 is 4.39 Å². The summed E-state index contributed by atoms with van der Waals surface area (Å²) in [6, 6.07) is 5.36. The standard InChI is InChI=1S/C14H21FN2/c1-10(2)17(9-11-3-4-11)14-6-5-13(15)7-12(14)8-16/h5-7,10-11H,3-4,8-9,16H2,1-2H3. The normalized spacial score (nSPS) is 15.4. The number of hydrogen-bond donors (Lipinski definition) is 1. The van der Waals surface area contributed by atoms with Crippen LogP contribution in [0.4, 0.5) is 10.1 Å². The van der Waals surface area contributed by atoms with E-state index in [0.717, 1.165) is 23.7 Å². The van der Waals surface area contributed by atoms with Crippen LogP contribution in [-0.2, 0) is 6.54 Å². The van der Waals surface area contributed by atoms with Crippen molar-refractivity contribution in [3.8, 4) is 0 Å². The summed E-state index contributed by atoms with van der Waals surface area (Å²) < 4.78 is 13.2. The van der Waals surface area contributed by atoms with E-state index in [-0.39, 0.29) is 5.82 Å². The largest absolute Gasteiger partial charge is 0.369 e. The van der Waals surface area contributed by atoms with Crippen molar-refractivity contribution in [1.82, 2.24) is 0 Å². The van der Waals surface area contributed by atoms with E-state index in [4.69, 9.17) is 5.73 Å². The summed E-state index contributed by atoms with van der Waals surface area (Å²) in [6.07, 6.45) is 2.64. The molecule has 0 heterocycles. The summed E-state index contributed by atoms with van der Waals surface area (Å²) in [6.45, 7) is 5.80. The zero-order valence-electron chi connectivity index (χ0n) is 10.6. The minimum Gasteiger partial charge on any atom is -0.369 e. The SMILES string of the molecule is CC(C)N(CC1CC1)c1ccc(F)cc1CN. The first-order valence-corrected chi connectivity index (χ1v) is 6.37. The van der Waals surface area contributed by atoms with Gasteiger partial charge >= 0.3 is 0 Å². The first-order chi connectivity index (χ1) is 8.11. The third-order valence-electron chi connectivity index (χ3n) is 3.35. The Balaban J connectivity index is 2.26. The second-order valence-corrected chi connectivity index (χ2v) is 5.17. The lowest BCUT2D eigenvalue weighted by Crippen LogP contribution is -2.33. The lowest BCUT2D eigenvalue weighted by atomic mass is 10.1. The van der Waals surface area contributed by atoms with Crippen molar-refractivity contribution >= 4 is 5.69 Å². The second-order valence-electron chi connectivity index (χ2n) is 5.17. The van der Waals surface area contributed by atoms with Crippen LogP contribution in [0.25, 0.3) is 0 Å². The van der Waals surface area contributed by atoms with Crippen LogP contribution in [0.2, 0.25) is 0 Å². The molecule has 2 N–H and O–H groups in total. The fourth-order valence-electron chi connectivity index (χ4n) is 2.16. The Morgan fingerprint density at radius 3 is 2.65 bits per heavy atom. The van der Waals surface area contributed by atoms with Crippen molar-refractivity contribution in [3.63, 3.8) is 0 Å². The molecule has 0 unspecified atom stereocenters. The molecule has 0 bridgehead atoms. The van der Waals surface area contributed by atoms with Crippen molar-refractivity contribution in [2.75, 3.05) is 11.4 Å². The summed E-state index contributed by atoms with van der Waals surface area (Å²) in [5.74, 6) is 0.609. The number of nitrogens with two attached hydrogens (primary N) is 1. The van der Waals surface area contributed by atoms with Crippen molar-refractivity contribution in [2.45, 2.75) is 39.3 Å². The third kappa shape index (κ3) is 2.97. The molecule has 0 aromatic heterocycles. The van der Waals surface area contributed by atoms with E-state index in [1.54, 1.807) is 6.07 Å². The maximum atomic E-state index is 13.2. The molecule has 1 aromatic rings. The molecule has 94 valence electrons. The molecule has 2 rings (SSSR count). The zero-order chi connectivity index (χ0) is 12.4. The van der Waals surface area contributed by atoms with Crippen molar-refractivity contribution in [2.24, 2.45) is 11.7 Å². The number of rotatable bonds is 5. The first-order valence-electron chi connectivity index (χ1n) is 6.37. The average Bonchev–Trinajstić information content (AvgIpc) is 3.09. The van der Waals surface area contributed by atoms with Gasteiger partial charge < -0.3 is 10.6 Å². The highest BCUT2D eigenvalue weighted by Gasteiger charge is 2.26. The molecule has 0 radical (unpaired) electrons. The van der Waals surface area contributed by atoms with Crippen LogP contribution in [0.5, 0.6) is 0 Å². The highest BCUT2D eigenvalue weighted by atomic mass is 19.1. The molecule has 3 heteroatoms. The maximum Gasteiger partial charge on any atom is 0.123 e. The minimum absolute atomic E-state index is 0.204. The Morgan fingerprint density at radius 2 is 2.12 bits per heavy atom. The van der Waals surface area contributed by atoms with Crippen LogP contribution in [0, 0.1) is 11.7 Å². The molecule has 0 amide bonds. The molecule has 2 nitrogen and oxygen atoms in total. The fourth-order valence-corrected chi connectivity index (χ4v) is 2.16. The maximum absolute atomic E-state index is 13.2. The lowest BCUT2D eigenvalue weighted by Gasteiger charge is -2.31. The molecule has 1 aliphatic carbocycles. The van der Waals surface area contributed by atoms with E-state index < -0.39 is 0 Å². The Kier molecular flexibility index (Phi) is 3.67. The number of halogens is 1. The van der Waals surface area contributed by atoms with Crippen molar-refractivity contribution in [3.05, 3.63) is 29.6 Å². The monoisotopic (exact) mass is 236 g/mol. The van der Waals surface area contributed by atoms with Crippen LogP contribution in [-0.4, -0.2) is 12.6 Å².